The van der Waals surface area contributed by atoms with Gasteiger partial charge in [0.15, 0.2) is 0 Å². The van der Waals surface area contributed by atoms with Crippen LogP contribution in [0.15, 0.2) is 0 Å². The molecule has 0 radical (unpaired) electrons. The molecule has 0 heterocycles. The Morgan fingerprint density at radius 3 is 2.34 bits per heavy atom. The predicted molar refractivity (Wildman–Crippen MR) is 125 cm³/mol. The first kappa shape index (κ1) is 24.0. The highest BCUT2D eigenvalue weighted by molar-refractivity contribution is 5.88. The number of carboxylic acid groups (broad SMARTS) is 1. The standard InChI is InChI=1S/C28H44O4/c1-7-18-22-14-17(29)10-12-28(22,6)21-11-13-27(5)19(8-9-20(27)23(21)24(18)30)16(2)15-26(3,4)25(31)32/h16,18-23H,7-15H2,1-6H3,(H,31,32). The van der Waals surface area contributed by atoms with Gasteiger partial charge in [0.1, 0.15) is 11.6 Å². The van der Waals surface area contributed by atoms with Crippen molar-refractivity contribution in [3.05, 3.63) is 0 Å². The summed E-state index contributed by atoms with van der Waals surface area (Å²) >= 11 is 0. The summed E-state index contributed by atoms with van der Waals surface area (Å²) in [5.41, 5.74) is -0.478. The third-order valence-electron chi connectivity index (χ3n) is 11.1. The van der Waals surface area contributed by atoms with Gasteiger partial charge in [0.05, 0.1) is 5.41 Å². The molecule has 0 aliphatic heterocycles. The summed E-state index contributed by atoms with van der Waals surface area (Å²) in [4.78, 5) is 38.1. The Labute approximate surface area is 194 Å². The largest absolute Gasteiger partial charge is 0.481 e. The van der Waals surface area contributed by atoms with Crippen molar-refractivity contribution >= 4 is 17.5 Å². The minimum atomic E-state index is -0.716. The number of rotatable bonds is 5. The van der Waals surface area contributed by atoms with E-state index >= 15 is 0 Å². The molecular weight excluding hydrogens is 400 g/mol. The maximum atomic E-state index is 14.0. The summed E-state index contributed by atoms with van der Waals surface area (Å²) in [6.45, 7) is 12.9. The van der Waals surface area contributed by atoms with Crippen LogP contribution in [-0.4, -0.2) is 22.6 Å². The van der Waals surface area contributed by atoms with Crippen LogP contribution in [0.1, 0.15) is 99.3 Å². The smallest absolute Gasteiger partial charge is 0.309 e. The molecule has 180 valence electrons. The van der Waals surface area contributed by atoms with E-state index in [0.717, 1.165) is 38.5 Å². The van der Waals surface area contributed by atoms with E-state index in [0.29, 0.717) is 54.5 Å². The molecule has 0 saturated heterocycles. The number of hydrogen-bond acceptors (Lipinski definition) is 3. The average Bonchev–Trinajstić information content (AvgIpc) is 3.06. The molecule has 1 N–H and O–H groups in total. The van der Waals surface area contributed by atoms with Gasteiger partial charge < -0.3 is 5.11 Å². The zero-order valence-corrected chi connectivity index (χ0v) is 21.1. The Bertz CT molecular complexity index is 799. The van der Waals surface area contributed by atoms with Crippen molar-refractivity contribution in [3.8, 4) is 0 Å². The Hall–Kier alpha value is -1.19. The number of aliphatic carboxylic acids is 1. The topological polar surface area (TPSA) is 71.4 Å². The van der Waals surface area contributed by atoms with Crippen LogP contribution in [0.4, 0.5) is 0 Å². The molecule has 4 aliphatic carbocycles. The van der Waals surface area contributed by atoms with Crippen molar-refractivity contribution in [1.29, 1.82) is 0 Å². The van der Waals surface area contributed by atoms with Crippen LogP contribution in [0.25, 0.3) is 0 Å². The predicted octanol–water partition coefficient (Wildman–Crippen LogP) is 6.17. The Balaban J connectivity index is 1.63. The number of Topliss-reactive ketones (excluding diaryl/α,β-unsaturated/α-hetero) is 2. The van der Waals surface area contributed by atoms with Crippen molar-refractivity contribution < 1.29 is 19.5 Å². The third-order valence-corrected chi connectivity index (χ3v) is 11.1. The lowest BCUT2D eigenvalue weighted by molar-refractivity contribution is -0.170. The zero-order valence-electron chi connectivity index (χ0n) is 21.1. The van der Waals surface area contributed by atoms with E-state index in [1.54, 1.807) is 0 Å². The van der Waals surface area contributed by atoms with Crippen molar-refractivity contribution in [2.45, 2.75) is 99.3 Å². The SMILES string of the molecule is CCC1C(=O)C2C3CCC(C(C)CC(C)(C)C(=O)O)C3(C)CCC2C2(C)CCC(=O)CC12. The van der Waals surface area contributed by atoms with E-state index in [-0.39, 0.29) is 28.6 Å². The first-order chi connectivity index (χ1) is 14.9. The lowest BCUT2D eigenvalue weighted by atomic mass is 9.42. The van der Waals surface area contributed by atoms with Crippen LogP contribution in [0.3, 0.4) is 0 Å². The van der Waals surface area contributed by atoms with Gasteiger partial charge in [-0.3, -0.25) is 14.4 Å². The summed E-state index contributed by atoms with van der Waals surface area (Å²) in [5, 5.41) is 9.66. The Morgan fingerprint density at radius 1 is 1.06 bits per heavy atom. The molecule has 0 amide bonds. The second-order valence-corrected chi connectivity index (χ2v) is 13.1. The number of carboxylic acids is 1. The van der Waals surface area contributed by atoms with E-state index in [1.807, 2.05) is 13.8 Å². The fraction of sp³-hybridized carbons (Fsp3) is 0.893. The van der Waals surface area contributed by atoms with Gasteiger partial charge in [0.2, 0.25) is 0 Å². The lowest BCUT2D eigenvalue weighted by Gasteiger charge is -2.61. The molecule has 4 rings (SSSR count). The van der Waals surface area contributed by atoms with E-state index in [1.165, 1.54) is 0 Å². The normalized spacial score (nSPS) is 45.1. The zero-order chi connectivity index (χ0) is 23.6. The summed E-state index contributed by atoms with van der Waals surface area (Å²) in [5.74, 6) is 2.16. The fourth-order valence-electron chi connectivity index (χ4n) is 9.45. The average molecular weight is 445 g/mol. The highest BCUT2D eigenvalue weighted by Gasteiger charge is 2.65. The molecule has 4 saturated carbocycles. The monoisotopic (exact) mass is 444 g/mol. The molecule has 0 aromatic heterocycles. The second kappa shape index (κ2) is 7.94. The van der Waals surface area contributed by atoms with Crippen LogP contribution in [-0.2, 0) is 14.4 Å². The van der Waals surface area contributed by atoms with Crippen LogP contribution >= 0.6 is 0 Å². The summed E-state index contributed by atoms with van der Waals surface area (Å²) < 4.78 is 0. The van der Waals surface area contributed by atoms with Crippen molar-refractivity contribution in [2.24, 2.45) is 57.7 Å². The van der Waals surface area contributed by atoms with Crippen molar-refractivity contribution in [3.63, 3.8) is 0 Å². The molecule has 9 unspecified atom stereocenters. The van der Waals surface area contributed by atoms with Crippen molar-refractivity contribution in [1.82, 2.24) is 0 Å². The summed E-state index contributed by atoms with van der Waals surface area (Å²) in [7, 11) is 0. The number of carbonyl (C=O) groups is 3. The van der Waals surface area contributed by atoms with Gasteiger partial charge in [0, 0.05) is 24.7 Å². The van der Waals surface area contributed by atoms with E-state index < -0.39 is 11.4 Å². The maximum absolute atomic E-state index is 14.0. The molecule has 0 spiro atoms. The first-order valence-corrected chi connectivity index (χ1v) is 13.2. The van der Waals surface area contributed by atoms with E-state index in [4.69, 9.17) is 0 Å². The van der Waals surface area contributed by atoms with Gasteiger partial charge >= 0.3 is 5.97 Å². The highest BCUT2D eigenvalue weighted by atomic mass is 16.4. The molecule has 32 heavy (non-hydrogen) atoms. The number of carbonyl (C=O) groups excluding carboxylic acids is 2. The quantitative estimate of drug-likeness (QED) is 0.551. The van der Waals surface area contributed by atoms with Crippen LogP contribution in [0.2, 0.25) is 0 Å². The molecule has 9 atom stereocenters. The van der Waals surface area contributed by atoms with Gasteiger partial charge in [-0.1, -0.05) is 27.7 Å². The van der Waals surface area contributed by atoms with Crippen LogP contribution < -0.4 is 0 Å². The molecule has 4 heteroatoms. The minimum absolute atomic E-state index is 0.0373. The molecule has 0 aromatic carbocycles. The van der Waals surface area contributed by atoms with Gasteiger partial charge in [0.25, 0.3) is 0 Å². The molecular formula is C28H44O4. The number of fused-ring (bicyclic) bond motifs is 5. The molecule has 4 nitrogen and oxygen atoms in total. The third kappa shape index (κ3) is 3.41. The summed E-state index contributed by atoms with van der Waals surface area (Å²) in [6.07, 6.45) is 8.24. The lowest BCUT2D eigenvalue weighted by Crippen LogP contribution is -2.60. The van der Waals surface area contributed by atoms with Gasteiger partial charge in [-0.25, -0.2) is 0 Å². The first-order valence-electron chi connectivity index (χ1n) is 13.2. The minimum Gasteiger partial charge on any atom is -0.481 e. The van der Waals surface area contributed by atoms with Crippen molar-refractivity contribution in [2.75, 3.05) is 0 Å². The Morgan fingerprint density at radius 2 is 1.72 bits per heavy atom. The van der Waals surface area contributed by atoms with Crippen LogP contribution in [0.5, 0.6) is 0 Å². The molecule has 0 bridgehead atoms. The Kier molecular flexibility index (Phi) is 5.95. The van der Waals surface area contributed by atoms with E-state index in [2.05, 4.69) is 27.7 Å². The molecule has 0 aromatic rings. The molecule has 4 fully saturated rings. The highest BCUT2D eigenvalue weighted by Crippen LogP contribution is 2.68. The summed E-state index contributed by atoms with van der Waals surface area (Å²) in [6, 6.07) is 0. The number of ketones is 2. The maximum Gasteiger partial charge on any atom is 0.309 e. The van der Waals surface area contributed by atoms with Gasteiger partial charge in [-0.15, -0.1) is 0 Å². The molecule has 4 aliphatic rings. The van der Waals surface area contributed by atoms with Crippen LogP contribution in [0, 0.1) is 57.7 Å². The number of hydrogen-bond donors (Lipinski definition) is 1. The van der Waals surface area contributed by atoms with E-state index in [9.17, 15) is 19.5 Å². The fourth-order valence-corrected chi connectivity index (χ4v) is 9.45. The van der Waals surface area contributed by atoms with Gasteiger partial charge in [-0.05, 0) is 99.2 Å². The van der Waals surface area contributed by atoms with Gasteiger partial charge in [-0.2, -0.15) is 0 Å². The second-order valence-electron chi connectivity index (χ2n) is 13.1.